The van der Waals surface area contributed by atoms with E-state index in [-0.39, 0.29) is 54.1 Å². The average Bonchev–Trinajstić information content (AvgIpc) is 2.68. The fraction of sp³-hybridized carbons (Fsp3) is 0.400. The van der Waals surface area contributed by atoms with Gasteiger partial charge in [0.2, 0.25) is 0 Å². The molecule has 164 valence electrons. The smallest absolute Gasteiger partial charge is 0.293 e. The highest BCUT2D eigenvalue weighted by atomic mass is 35.5. The van der Waals surface area contributed by atoms with Crippen molar-refractivity contribution in [1.29, 1.82) is 0 Å². The predicted octanol–water partition coefficient (Wildman–Crippen LogP) is 3.88. The Morgan fingerprint density at radius 2 is 2.07 bits per heavy atom. The molecule has 3 rings (SSSR count). The highest BCUT2D eigenvalue weighted by molar-refractivity contribution is 5.96. The summed E-state index contributed by atoms with van der Waals surface area (Å²) in [6.45, 7) is 4.80. The second kappa shape index (κ2) is 11.7. The third-order valence-electron chi connectivity index (χ3n) is 4.92. The Labute approximate surface area is 188 Å². The molecular weight excluding hydrogens is 429 g/mol. The van der Waals surface area contributed by atoms with Crippen LogP contribution in [-0.4, -0.2) is 34.4 Å². The van der Waals surface area contributed by atoms with Crippen LogP contribution in [-0.2, 0) is 0 Å². The number of aromatic nitrogens is 1. The minimum absolute atomic E-state index is 0. The van der Waals surface area contributed by atoms with Crippen molar-refractivity contribution in [3.05, 3.63) is 64.0 Å². The van der Waals surface area contributed by atoms with E-state index in [1.165, 1.54) is 6.07 Å². The highest BCUT2D eigenvalue weighted by Gasteiger charge is 2.23. The van der Waals surface area contributed by atoms with Gasteiger partial charge in [-0.15, -0.1) is 24.8 Å². The molecule has 30 heavy (non-hydrogen) atoms. The maximum absolute atomic E-state index is 12.6. The lowest BCUT2D eigenvalue weighted by Crippen LogP contribution is -2.46. The first-order chi connectivity index (χ1) is 13.4. The molecular formula is C20H27Cl2N5O3. The molecule has 0 bridgehead atoms. The number of nitro benzene ring substituents is 1. The topological polar surface area (TPSA) is 109 Å². The van der Waals surface area contributed by atoms with Crippen LogP contribution in [0.15, 0.2) is 42.6 Å². The van der Waals surface area contributed by atoms with Gasteiger partial charge in [-0.2, -0.15) is 0 Å². The summed E-state index contributed by atoms with van der Waals surface area (Å²) in [4.78, 5) is 27.9. The van der Waals surface area contributed by atoms with Crippen molar-refractivity contribution in [2.75, 3.05) is 11.9 Å². The Morgan fingerprint density at radius 3 is 2.70 bits per heavy atom. The van der Waals surface area contributed by atoms with E-state index < -0.39 is 4.92 Å². The van der Waals surface area contributed by atoms with Gasteiger partial charge in [-0.3, -0.25) is 19.9 Å². The third-order valence-corrected chi connectivity index (χ3v) is 4.92. The van der Waals surface area contributed by atoms with Crippen molar-refractivity contribution in [3.8, 4) is 0 Å². The van der Waals surface area contributed by atoms with Crippen LogP contribution in [0, 0.1) is 10.1 Å². The summed E-state index contributed by atoms with van der Waals surface area (Å²) in [5.74, 6) is -0.286. The summed E-state index contributed by atoms with van der Waals surface area (Å²) in [5.41, 5.74) is 1.29. The molecule has 1 aliphatic rings. The first-order valence-electron chi connectivity index (χ1n) is 9.44. The van der Waals surface area contributed by atoms with E-state index in [2.05, 4.69) is 27.9 Å². The second-order valence-electron chi connectivity index (χ2n) is 7.16. The number of amides is 1. The van der Waals surface area contributed by atoms with Gasteiger partial charge in [-0.25, -0.2) is 0 Å². The second-order valence-corrected chi connectivity index (χ2v) is 7.16. The molecule has 1 aliphatic heterocycles. The first-order valence-corrected chi connectivity index (χ1v) is 9.44. The molecule has 1 aromatic carbocycles. The summed E-state index contributed by atoms with van der Waals surface area (Å²) >= 11 is 0. The van der Waals surface area contributed by atoms with Crippen LogP contribution >= 0.6 is 24.8 Å². The zero-order valence-corrected chi connectivity index (χ0v) is 18.5. The number of hydrogen-bond donors (Lipinski definition) is 3. The SMILES string of the molecule is CC1CC(NC(=O)c2ccc(NC(C)c3ccccn3)c([N+](=O)[O-])c2)CCN1.Cl.Cl. The van der Waals surface area contributed by atoms with Crippen LogP contribution in [0.1, 0.15) is 48.8 Å². The zero-order chi connectivity index (χ0) is 20.1. The number of benzene rings is 1. The van der Waals surface area contributed by atoms with Crippen molar-refractivity contribution in [2.24, 2.45) is 0 Å². The van der Waals surface area contributed by atoms with Crippen molar-refractivity contribution in [1.82, 2.24) is 15.6 Å². The van der Waals surface area contributed by atoms with Gasteiger partial charge in [-0.1, -0.05) is 6.07 Å². The normalized spacial score (nSPS) is 18.9. The predicted molar refractivity (Wildman–Crippen MR) is 122 cm³/mol. The molecule has 1 amide bonds. The van der Waals surface area contributed by atoms with Crippen molar-refractivity contribution in [2.45, 2.75) is 44.8 Å². The van der Waals surface area contributed by atoms with E-state index in [0.717, 1.165) is 25.1 Å². The summed E-state index contributed by atoms with van der Waals surface area (Å²) in [6.07, 6.45) is 3.37. The molecule has 1 aromatic heterocycles. The zero-order valence-electron chi connectivity index (χ0n) is 16.8. The number of piperidine rings is 1. The minimum atomic E-state index is -0.475. The molecule has 0 aliphatic carbocycles. The molecule has 10 heteroatoms. The lowest BCUT2D eigenvalue weighted by molar-refractivity contribution is -0.384. The van der Waals surface area contributed by atoms with Crippen molar-refractivity contribution < 1.29 is 9.72 Å². The standard InChI is InChI=1S/C20H25N5O3.2ClH/c1-13-11-16(8-10-21-13)24-20(26)15-6-7-18(19(12-15)25(27)28)23-14(2)17-5-3-4-9-22-17;;/h3-7,9,12-14,16,21,23H,8,10-11H2,1-2H3,(H,24,26);2*1H. The largest absolute Gasteiger partial charge is 0.371 e. The summed E-state index contributed by atoms with van der Waals surface area (Å²) in [7, 11) is 0. The van der Waals surface area contributed by atoms with Crippen LogP contribution in [0.4, 0.5) is 11.4 Å². The number of anilines is 1. The number of rotatable bonds is 6. The molecule has 0 radical (unpaired) electrons. The summed E-state index contributed by atoms with van der Waals surface area (Å²) in [6, 6.07) is 10.3. The number of hydrogen-bond acceptors (Lipinski definition) is 6. The maximum Gasteiger partial charge on any atom is 0.293 e. The number of carbonyl (C=O) groups excluding carboxylic acids is 1. The van der Waals surface area contributed by atoms with Gasteiger partial charge in [0.15, 0.2) is 0 Å². The molecule has 3 atom stereocenters. The molecule has 1 saturated heterocycles. The Bertz CT molecular complexity index is 854. The number of halogens is 2. The van der Waals surface area contributed by atoms with Crippen molar-refractivity contribution >= 4 is 42.1 Å². The molecule has 1 fully saturated rings. The van der Waals surface area contributed by atoms with Gasteiger partial charge < -0.3 is 16.0 Å². The molecule has 0 spiro atoms. The summed E-state index contributed by atoms with van der Waals surface area (Å²) in [5, 5.41) is 21.0. The van der Waals surface area contributed by atoms with Crippen LogP contribution in [0.2, 0.25) is 0 Å². The van der Waals surface area contributed by atoms with Crippen molar-refractivity contribution in [3.63, 3.8) is 0 Å². The van der Waals surface area contributed by atoms with E-state index in [1.54, 1.807) is 18.3 Å². The summed E-state index contributed by atoms with van der Waals surface area (Å²) < 4.78 is 0. The number of pyridine rings is 1. The molecule has 3 unspecified atom stereocenters. The molecule has 8 nitrogen and oxygen atoms in total. The Balaban J connectivity index is 0.00000225. The number of nitro groups is 1. The quantitative estimate of drug-likeness (QED) is 0.450. The fourth-order valence-corrected chi connectivity index (χ4v) is 3.42. The Morgan fingerprint density at radius 1 is 1.30 bits per heavy atom. The first kappa shape index (κ1) is 25.6. The molecule has 2 aromatic rings. The lowest BCUT2D eigenvalue weighted by Gasteiger charge is -2.28. The van der Waals surface area contributed by atoms with Gasteiger partial charge >= 0.3 is 0 Å². The third kappa shape index (κ3) is 6.55. The van der Waals surface area contributed by atoms with Gasteiger partial charge in [0.1, 0.15) is 5.69 Å². The van der Waals surface area contributed by atoms with Gasteiger partial charge in [-0.05, 0) is 57.5 Å². The monoisotopic (exact) mass is 455 g/mol. The molecule has 0 saturated carbocycles. The maximum atomic E-state index is 12.6. The Kier molecular flexibility index (Phi) is 9.98. The average molecular weight is 456 g/mol. The Hall–Kier alpha value is -2.42. The van der Waals surface area contributed by atoms with Crippen LogP contribution in [0.3, 0.4) is 0 Å². The highest BCUT2D eigenvalue weighted by Crippen LogP contribution is 2.29. The minimum Gasteiger partial charge on any atom is -0.371 e. The van der Waals surface area contributed by atoms with E-state index in [9.17, 15) is 14.9 Å². The number of nitrogens with one attached hydrogen (secondary N) is 3. The van der Waals surface area contributed by atoms with Gasteiger partial charge in [0.25, 0.3) is 11.6 Å². The van der Waals surface area contributed by atoms with E-state index in [0.29, 0.717) is 11.7 Å². The van der Waals surface area contributed by atoms with Gasteiger partial charge in [0.05, 0.1) is 16.7 Å². The fourth-order valence-electron chi connectivity index (χ4n) is 3.42. The van der Waals surface area contributed by atoms with E-state index in [4.69, 9.17) is 0 Å². The van der Waals surface area contributed by atoms with Crippen LogP contribution < -0.4 is 16.0 Å². The van der Waals surface area contributed by atoms with E-state index in [1.807, 2.05) is 25.1 Å². The van der Waals surface area contributed by atoms with Gasteiger partial charge in [0, 0.05) is 29.9 Å². The lowest BCUT2D eigenvalue weighted by atomic mass is 10.00. The molecule has 2 heterocycles. The molecule has 3 N–H and O–H groups in total. The van der Waals surface area contributed by atoms with Crippen LogP contribution in [0.25, 0.3) is 0 Å². The van der Waals surface area contributed by atoms with Crippen LogP contribution in [0.5, 0.6) is 0 Å². The number of nitrogens with zero attached hydrogens (tertiary/aromatic N) is 2. The van der Waals surface area contributed by atoms with E-state index >= 15 is 0 Å². The number of carbonyl (C=O) groups is 1.